The highest BCUT2D eigenvalue weighted by Gasteiger charge is 2.36. The number of esters is 1. The molecule has 0 aliphatic rings. The Morgan fingerprint density at radius 1 is 0.947 bits per heavy atom. The number of thioether (sulfide) groups is 1. The monoisotopic (exact) mass is 542 g/mol. The molecule has 0 radical (unpaired) electrons. The SMILES string of the molecule is CCOC(=O)[C@H](COCc1ccc(-c2ccccc2)cc1)NC(=O)C(C)(C)NC(=O)[C@@H](SC(C)=O)C(C)C. The lowest BCUT2D eigenvalue weighted by molar-refractivity contribution is -0.150. The summed E-state index contributed by atoms with van der Waals surface area (Å²) in [4.78, 5) is 50.0. The molecule has 0 heterocycles. The molecular weight excluding hydrogens is 504 g/mol. The van der Waals surface area contributed by atoms with E-state index in [2.05, 4.69) is 10.6 Å². The van der Waals surface area contributed by atoms with Crippen LogP contribution in [0.3, 0.4) is 0 Å². The molecule has 2 N–H and O–H groups in total. The molecule has 0 saturated carbocycles. The number of carbonyl (C=O) groups excluding carboxylic acids is 4. The quantitative estimate of drug-likeness (QED) is 0.366. The van der Waals surface area contributed by atoms with E-state index in [1.807, 2.05) is 68.4 Å². The van der Waals surface area contributed by atoms with Crippen LogP contribution in [-0.2, 0) is 35.3 Å². The van der Waals surface area contributed by atoms with Crippen LogP contribution in [-0.4, -0.2) is 52.9 Å². The third kappa shape index (κ3) is 9.61. The van der Waals surface area contributed by atoms with Crippen LogP contribution in [0, 0.1) is 5.92 Å². The second-order valence-electron chi connectivity index (χ2n) is 9.74. The van der Waals surface area contributed by atoms with Gasteiger partial charge in [0.05, 0.1) is 25.1 Å². The van der Waals surface area contributed by atoms with E-state index in [-0.39, 0.29) is 30.9 Å². The first kappa shape index (κ1) is 31.1. The van der Waals surface area contributed by atoms with E-state index in [1.165, 1.54) is 20.8 Å². The number of benzene rings is 2. The number of ether oxygens (including phenoxy) is 2. The Labute approximate surface area is 229 Å². The zero-order valence-electron chi connectivity index (χ0n) is 22.9. The molecule has 2 amide bonds. The van der Waals surface area contributed by atoms with Crippen LogP contribution in [0.1, 0.15) is 47.1 Å². The van der Waals surface area contributed by atoms with Crippen molar-refractivity contribution in [2.75, 3.05) is 13.2 Å². The van der Waals surface area contributed by atoms with Crippen molar-refractivity contribution in [3.05, 3.63) is 60.2 Å². The van der Waals surface area contributed by atoms with E-state index in [4.69, 9.17) is 9.47 Å². The fourth-order valence-electron chi connectivity index (χ4n) is 3.58. The van der Waals surface area contributed by atoms with Crippen molar-refractivity contribution in [2.24, 2.45) is 5.92 Å². The lowest BCUT2D eigenvalue weighted by Crippen LogP contribution is -2.60. The van der Waals surface area contributed by atoms with Gasteiger partial charge in [0, 0.05) is 6.92 Å². The van der Waals surface area contributed by atoms with Crippen molar-refractivity contribution in [3.63, 3.8) is 0 Å². The van der Waals surface area contributed by atoms with Gasteiger partial charge in [0.25, 0.3) is 0 Å². The van der Waals surface area contributed by atoms with Crippen LogP contribution < -0.4 is 10.6 Å². The smallest absolute Gasteiger partial charge is 0.331 e. The van der Waals surface area contributed by atoms with Crippen molar-refractivity contribution >= 4 is 34.7 Å². The molecule has 2 aromatic rings. The molecule has 0 aliphatic heterocycles. The molecule has 2 rings (SSSR count). The number of amides is 2. The summed E-state index contributed by atoms with van der Waals surface area (Å²) in [6, 6.07) is 16.8. The Kier molecular flexibility index (Phi) is 12.0. The van der Waals surface area contributed by atoms with Gasteiger partial charge in [-0.1, -0.05) is 80.2 Å². The van der Waals surface area contributed by atoms with Crippen molar-refractivity contribution < 1.29 is 28.7 Å². The number of rotatable bonds is 13. The zero-order valence-corrected chi connectivity index (χ0v) is 23.7. The molecule has 9 heteroatoms. The Morgan fingerprint density at radius 3 is 2.11 bits per heavy atom. The second kappa shape index (κ2) is 14.7. The summed E-state index contributed by atoms with van der Waals surface area (Å²) in [5, 5.41) is 4.52. The number of carbonyl (C=O) groups is 4. The Hall–Kier alpha value is -3.17. The van der Waals surface area contributed by atoms with Gasteiger partial charge in [-0.05, 0) is 43.4 Å². The van der Waals surface area contributed by atoms with Crippen LogP contribution in [0.25, 0.3) is 11.1 Å². The largest absolute Gasteiger partial charge is 0.464 e. The molecule has 0 saturated heterocycles. The minimum Gasteiger partial charge on any atom is -0.464 e. The standard InChI is InChI=1S/C29H38N2O6S/c1-7-37-27(34)24(18-36-17-21-13-15-23(16-14-21)22-11-9-8-10-12-22)30-28(35)29(5,6)31-26(33)25(19(2)3)38-20(4)32/h8-16,19,24-25H,7,17-18H2,1-6H3,(H,30,35)(H,31,33)/t24-,25-/m0/s1. The average molecular weight is 543 g/mol. The maximum Gasteiger partial charge on any atom is 0.331 e. The van der Waals surface area contributed by atoms with Crippen LogP contribution in [0.4, 0.5) is 0 Å². The molecule has 206 valence electrons. The third-order valence-corrected chi connectivity index (χ3v) is 7.00. The molecular formula is C29H38N2O6S. The number of hydrogen-bond acceptors (Lipinski definition) is 7. The average Bonchev–Trinajstić information content (AvgIpc) is 2.87. The fourth-order valence-corrected chi connectivity index (χ4v) is 4.37. The molecule has 0 fully saturated rings. The number of nitrogens with one attached hydrogen (secondary N) is 2. The lowest BCUT2D eigenvalue weighted by atomic mass is 10.0. The maximum atomic E-state index is 13.1. The topological polar surface area (TPSA) is 111 Å². The minimum absolute atomic E-state index is 0.107. The van der Waals surface area contributed by atoms with Crippen molar-refractivity contribution in [2.45, 2.75) is 65.0 Å². The summed E-state index contributed by atoms with van der Waals surface area (Å²) in [5.74, 6) is -1.75. The third-order valence-electron chi connectivity index (χ3n) is 5.65. The van der Waals surface area contributed by atoms with Gasteiger partial charge >= 0.3 is 5.97 Å². The summed E-state index contributed by atoms with van der Waals surface area (Å²) in [5.41, 5.74) is 1.75. The second-order valence-corrected chi connectivity index (χ2v) is 11.1. The molecule has 2 aromatic carbocycles. The highest BCUT2D eigenvalue weighted by Crippen LogP contribution is 2.22. The van der Waals surface area contributed by atoms with Crippen LogP contribution >= 0.6 is 11.8 Å². The molecule has 0 unspecified atom stereocenters. The van der Waals surface area contributed by atoms with Crippen LogP contribution in [0.5, 0.6) is 0 Å². The van der Waals surface area contributed by atoms with Gasteiger partial charge < -0.3 is 20.1 Å². The van der Waals surface area contributed by atoms with Crippen molar-refractivity contribution in [1.82, 2.24) is 10.6 Å². The Morgan fingerprint density at radius 2 is 1.55 bits per heavy atom. The Balaban J connectivity index is 2.01. The highest BCUT2D eigenvalue weighted by atomic mass is 32.2. The van der Waals surface area contributed by atoms with Crippen molar-refractivity contribution in [1.29, 1.82) is 0 Å². The molecule has 0 spiro atoms. The van der Waals surface area contributed by atoms with E-state index < -0.39 is 34.6 Å². The molecule has 38 heavy (non-hydrogen) atoms. The van der Waals surface area contributed by atoms with Gasteiger partial charge in [-0.2, -0.15) is 0 Å². The Bertz CT molecular complexity index is 1090. The molecule has 2 atom stereocenters. The normalized spacial score (nSPS) is 12.9. The van der Waals surface area contributed by atoms with E-state index >= 15 is 0 Å². The number of hydrogen-bond donors (Lipinski definition) is 2. The van der Waals surface area contributed by atoms with E-state index in [0.29, 0.717) is 0 Å². The predicted molar refractivity (Wildman–Crippen MR) is 149 cm³/mol. The summed E-state index contributed by atoms with van der Waals surface area (Å²) in [6.07, 6.45) is 0. The summed E-state index contributed by atoms with van der Waals surface area (Å²) < 4.78 is 10.9. The maximum absolute atomic E-state index is 13.1. The van der Waals surface area contributed by atoms with Gasteiger partial charge in [-0.3, -0.25) is 14.4 Å². The van der Waals surface area contributed by atoms with Crippen LogP contribution in [0.2, 0.25) is 0 Å². The first-order valence-electron chi connectivity index (χ1n) is 12.6. The van der Waals surface area contributed by atoms with Gasteiger partial charge in [0.2, 0.25) is 11.8 Å². The van der Waals surface area contributed by atoms with E-state index in [0.717, 1.165) is 28.5 Å². The summed E-state index contributed by atoms with van der Waals surface area (Å²) in [7, 11) is 0. The van der Waals surface area contributed by atoms with Gasteiger partial charge in [0.15, 0.2) is 11.2 Å². The summed E-state index contributed by atoms with van der Waals surface area (Å²) in [6.45, 7) is 10.1. The van der Waals surface area contributed by atoms with Crippen LogP contribution in [0.15, 0.2) is 54.6 Å². The van der Waals surface area contributed by atoms with Gasteiger partial charge in [0.1, 0.15) is 5.54 Å². The van der Waals surface area contributed by atoms with Gasteiger partial charge in [-0.25, -0.2) is 4.79 Å². The minimum atomic E-state index is -1.35. The summed E-state index contributed by atoms with van der Waals surface area (Å²) >= 11 is 0.925. The zero-order chi connectivity index (χ0) is 28.3. The van der Waals surface area contributed by atoms with Crippen molar-refractivity contribution in [3.8, 4) is 11.1 Å². The molecule has 0 aliphatic carbocycles. The highest BCUT2D eigenvalue weighted by molar-refractivity contribution is 8.14. The van der Waals surface area contributed by atoms with E-state index in [9.17, 15) is 19.2 Å². The molecule has 0 aromatic heterocycles. The predicted octanol–water partition coefficient (Wildman–Crippen LogP) is 4.12. The van der Waals surface area contributed by atoms with E-state index in [1.54, 1.807) is 6.92 Å². The molecule has 8 nitrogen and oxygen atoms in total. The van der Waals surface area contributed by atoms with Gasteiger partial charge in [-0.15, -0.1) is 0 Å². The molecule has 0 bridgehead atoms. The lowest BCUT2D eigenvalue weighted by Gasteiger charge is -2.30. The fraction of sp³-hybridized carbons (Fsp3) is 0.448. The first-order chi connectivity index (χ1) is 17.9. The first-order valence-corrected chi connectivity index (χ1v) is 13.5.